The molecule has 2 aromatic rings. The molecule has 0 aliphatic heterocycles. The number of halogens is 2. The average Bonchev–Trinajstić information content (AvgIpc) is 3.10. The van der Waals surface area contributed by atoms with E-state index in [1.807, 2.05) is 0 Å². The van der Waals surface area contributed by atoms with Gasteiger partial charge in [0.25, 0.3) is 5.91 Å². The number of para-hydroxylation sites is 1. The summed E-state index contributed by atoms with van der Waals surface area (Å²) in [5.41, 5.74) is -0.454. The summed E-state index contributed by atoms with van der Waals surface area (Å²) in [6.07, 6.45) is 3.62. The van der Waals surface area contributed by atoms with Crippen molar-refractivity contribution in [1.82, 2.24) is 4.72 Å². The molecule has 138 valence electrons. The molecule has 0 saturated heterocycles. The topological polar surface area (TPSA) is 75.3 Å². The average molecular weight is 380 g/mol. The summed E-state index contributed by atoms with van der Waals surface area (Å²) in [6.45, 7) is 0. The van der Waals surface area contributed by atoms with E-state index >= 15 is 0 Å². The largest absolute Gasteiger partial charge is 0.317 e. The van der Waals surface area contributed by atoms with Gasteiger partial charge in [-0.1, -0.05) is 18.9 Å². The van der Waals surface area contributed by atoms with Crippen LogP contribution in [0.4, 0.5) is 14.5 Å². The molecule has 1 aliphatic rings. The summed E-state index contributed by atoms with van der Waals surface area (Å²) < 4.78 is 54.5. The summed E-state index contributed by atoms with van der Waals surface area (Å²) in [7, 11) is -3.66. The third kappa shape index (κ3) is 4.08. The number of carbonyl (C=O) groups excluding carboxylic acids is 1. The molecule has 2 N–H and O–H groups in total. The number of carbonyl (C=O) groups is 1. The molecule has 5 nitrogen and oxygen atoms in total. The van der Waals surface area contributed by atoms with E-state index in [2.05, 4.69) is 10.0 Å². The Morgan fingerprint density at radius 2 is 1.54 bits per heavy atom. The lowest BCUT2D eigenvalue weighted by molar-refractivity contribution is 0.102. The Hall–Kier alpha value is -2.32. The fourth-order valence-electron chi connectivity index (χ4n) is 2.92. The van der Waals surface area contributed by atoms with Gasteiger partial charge in [0.15, 0.2) is 0 Å². The van der Waals surface area contributed by atoms with Crippen LogP contribution in [0.2, 0.25) is 0 Å². The Balaban J connectivity index is 1.73. The lowest BCUT2D eigenvalue weighted by Gasteiger charge is -2.13. The van der Waals surface area contributed by atoms with Gasteiger partial charge < -0.3 is 5.32 Å². The first-order valence-corrected chi connectivity index (χ1v) is 9.73. The second kappa shape index (κ2) is 7.51. The maximum absolute atomic E-state index is 13.6. The Morgan fingerprint density at radius 3 is 2.12 bits per heavy atom. The van der Waals surface area contributed by atoms with Crippen LogP contribution < -0.4 is 10.0 Å². The predicted molar refractivity (Wildman–Crippen MR) is 93.3 cm³/mol. The number of sulfonamides is 1. The minimum atomic E-state index is -3.66. The number of amides is 1. The van der Waals surface area contributed by atoms with E-state index in [1.54, 1.807) is 0 Å². The Labute approximate surface area is 150 Å². The van der Waals surface area contributed by atoms with E-state index in [0.717, 1.165) is 37.8 Å². The van der Waals surface area contributed by atoms with Gasteiger partial charge in [-0.05, 0) is 49.2 Å². The molecule has 26 heavy (non-hydrogen) atoms. The molecule has 2 aromatic carbocycles. The minimum absolute atomic E-state index is 0.0398. The highest BCUT2D eigenvalue weighted by molar-refractivity contribution is 7.89. The van der Waals surface area contributed by atoms with Crippen molar-refractivity contribution in [3.8, 4) is 0 Å². The first-order valence-electron chi connectivity index (χ1n) is 8.24. The number of rotatable bonds is 5. The van der Waals surface area contributed by atoms with Crippen LogP contribution in [0, 0.1) is 11.6 Å². The van der Waals surface area contributed by atoms with E-state index in [0.29, 0.717) is 0 Å². The number of hydrogen-bond acceptors (Lipinski definition) is 3. The smallest absolute Gasteiger partial charge is 0.255 e. The standard InChI is InChI=1S/C18H18F2N2O3S/c19-15-6-3-7-16(20)17(15)21-18(23)12-8-10-14(11-9-12)26(24,25)22-13-4-1-2-5-13/h3,6-11,13,22H,1-2,4-5H2,(H,21,23). The van der Waals surface area contributed by atoms with Gasteiger partial charge in [-0.3, -0.25) is 4.79 Å². The molecule has 0 aromatic heterocycles. The van der Waals surface area contributed by atoms with Crippen molar-refractivity contribution in [1.29, 1.82) is 0 Å². The van der Waals surface area contributed by atoms with Crippen LogP contribution >= 0.6 is 0 Å². The van der Waals surface area contributed by atoms with E-state index in [9.17, 15) is 22.0 Å². The van der Waals surface area contributed by atoms with Crippen LogP contribution in [0.15, 0.2) is 47.4 Å². The van der Waals surface area contributed by atoms with Crippen LogP contribution in [0.3, 0.4) is 0 Å². The van der Waals surface area contributed by atoms with Crippen molar-refractivity contribution in [3.05, 3.63) is 59.7 Å². The zero-order valence-corrected chi connectivity index (χ0v) is 14.7. The molecule has 0 radical (unpaired) electrons. The van der Waals surface area contributed by atoms with Crippen LogP contribution in [0.5, 0.6) is 0 Å². The maximum atomic E-state index is 13.6. The van der Waals surface area contributed by atoms with Crippen molar-refractivity contribution >= 4 is 21.6 Å². The third-order valence-electron chi connectivity index (χ3n) is 4.31. The van der Waals surface area contributed by atoms with Crippen LogP contribution in [0.25, 0.3) is 0 Å². The van der Waals surface area contributed by atoms with Gasteiger partial charge >= 0.3 is 0 Å². The number of benzene rings is 2. The normalized spacial score (nSPS) is 15.2. The van der Waals surface area contributed by atoms with Crippen LogP contribution in [-0.4, -0.2) is 20.4 Å². The Morgan fingerprint density at radius 1 is 0.962 bits per heavy atom. The lowest BCUT2D eigenvalue weighted by atomic mass is 10.2. The number of hydrogen-bond donors (Lipinski definition) is 2. The van der Waals surface area contributed by atoms with Gasteiger partial charge in [0.1, 0.15) is 17.3 Å². The van der Waals surface area contributed by atoms with Gasteiger partial charge in [0, 0.05) is 11.6 Å². The molecule has 0 unspecified atom stereocenters. The maximum Gasteiger partial charge on any atom is 0.255 e. The molecular formula is C18H18F2N2O3S. The van der Waals surface area contributed by atoms with Crippen molar-refractivity contribution in [2.24, 2.45) is 0 Å². The monoisotopic (exact) mass is 380 g/mol. The van der Waals surface area contributed by atoms with E-state index in [-0.39, 0.29) is 16.5 Å². The first kappa shape index (κ1) is 18.5. The molecule has 0 bridgehead atoms. The van der Waals surface area contributed by atoms with Crippen molar-refractivity contribution in [2.45, 2.75) is 36.6 Å². The molecule has 1 saturated carbocycles. The lowest BCUT2D eigenvalue weighted by Crippen LogP contribution is -2.32. The molecular weight excluding hydrogens is 362 g/mol. The van der Waals surface area contributed by atoms with Gasteiger partial charge in [0.2, 0.25) is 10.0 Å². The molecule has 3 rings (SSSR count). The van der Waals surface area contributed by atoms with Gasteiger partial charge in [-0.15, -0.1) is 0 Å². The van der Waals surface area contributed by atoms with E-state index in [1.165, 1.54) is 30.3 Å². The fourth-order valence-corrected chi connectivity index (χ4v) is 4.22. The highest BCUT2D eigenvalue weighted by atomic mass is 32.2. The zero-order valence-electron chi connectivity index (χ0n) is 13.8. The van der Waals surface area contributed by atoms with Crippen molar-refractivity contribution < 1.29 is 22.0 Å². The second-order valence-electron chi connectivity index (χ2n) is 6.18. The van der Waals surface area contributed by atoms with Crippen LogP contribution in [0.1, 0.15) is 36.0 Å². The molecule has 1 fully saturated rings. The highest BCUT2D eigenvalue weighted by Crippen LogP contribution is 2.22. The second-order valence-corrected chi connectivity index (χ2v) is 7.89. The van der Waals surface area contributed by atoms with Gasteiger partial charge in [0.05, 0.1) is 4.90 Å². The first-order chi connectivity index (χ1) is 12.4. The van der Waals surface area contributed by atoms with E-state index < -0.39 is 33.3 Å². The molecule has 0 spiro atoms. The number of nitrogens with one attached hydrogen (secondary N) is 2. The molecule has 0 atom stereocenters. The zero-order chi connectivity index (χ0) is 18.7. The summed E-state index contributed by atoms with van der Waals surface area (Å²) in [6, 6.07) is 8.39. The van der Waals surface area contributed by atoms with Crippen LogP contribution in [-0.2, 0) is 10.0 Å². The Bertz CT molecular complexity index is 888. The molecule has 8 heteroatoms. The SMILES string of the molecule is O=C(Nc1c(F)cccc1F)c1ccc(S(=O)(=O)NC2CCCC2)cc1. The molecule has 1 aliphatic carbocycles. The fraction of sp³-hybridized carbons (Fsp3) is 0.278. The van der Waals surface area contributed by atoms with Crippen molar-refractivity contribution in [3.63, 3.8) is 0 Å². The molecule has 1 amide bonds. The third-order valence-corrected chi connectivity index (χ3v) is 5.84. The summed E-state index contributed by atoms with van der Waals surface area (Å²) in [4.78, 5) is 12.2. The summed E-state index contributed by atoms with van der Waals surface area (Å²) >= 11 is 0. The Kier molecular flexibility index (Phi) is 5.33. The highest BCUT2D eigenvalue weighted by Gasteiger charge is 2.23. The number of anilines is 1. The quantitative estimate of drug-likeness (QED) is 0.834. The summed E-state index contributed by atoms with van der Waals surface area (Å²) in [5, 5.41) is 2.16. The predicted octanol–water partition coefficient (Wildman–Crippen LogP) is 3.44. The van der Waals surface area contributed by atoms with Gasteiger partial charge in [-0.25, -0.2) is 21.9 Å². The van der Waals surface area contributed by atoms with E-state index in [4.69, 9.17) is 0 Å². The molecule has 0 heterocycles. The van der Waals surface area contributed by atoms with Crippen molar-refractivity contribution in [2.75, 3.05) is 5.32 Å². The van der Waals surface area contributed by atoms with Gasteiger partial charge in [-0.2, -0.15) is 0 Å². The minimum Gasteiger partial charge on any atom is -0.317 e. The summed E-state index contributed by atoms with van der Waals surface area (Å²) in [5.74, 6) is -2.52.